The van der Waals surface area contributed by atoms with E-state index in [0.717, 1.165) is 12.5 Å². The Morgan fingerprint density at radius 1 is 1.11 bits per heavy atom. The van der Waals surface area contributed by atoms with Crippen molar-refractivity contribution in [1.29, 1.82) is 0 Å². The van der Waals surface area contributed by atoms with Gasteiger partial charge in [0.05, 0.1) is 6.61 Å². The molecule has 0 radical (unpaired) electrons. The molecule has 0 aromatic heterocycles. The van der Waals surface area contributed by atoms with Crippen LogP contribution in [-0.4, -0.2) is 32.5 Å². The van der Waals surface area contributed by atoms with Crippen molar-refractivity contribution in [3.05, 3.63) is 0 Å². The maximum Gasteiger partial charge on any atom is 0.411 e. The van der Waals surface area contributed by atoms with Crippen LogP contribution in [0.15, 0.2) is 0 Å². The van der Waals surface area contributed by atoms with Gasteiger partial charge in [-0.15, -0.1) is 0 Å². The molecular weight excluding hydrogens is 243 g/mol. The molecule has 0 aliphatic heterocycles. The highest BCUT2D eigenvalue weighted by molar-refractivity contribution is 4.73. The van der Waals surface area contributed by atoms with Crippen LogP contribution >= 0.6 is 0 Å². The second kappa shape index (κ2) is 8.00. The summed E-state index contributed by atoms with van der Waals surface area (Å²) < 4.78 is 39.9. The number of alkyl halides is 3. The van der Waals surface area contributed by atoms with Crippen molar-refractivity contribution in [1.82, 2.24) is 5.32 Å². The molecular formula is C13H24F3NO. The quantitative estimate of drug-likeness (QED) is 0.714. The third kappa shape index (κ3) is 7.21. The van der Waals surface area contributed by atoms with E-state index in [2.05, 4.69) is 17.0 Å². The van der Waals surface area contributed by atoms with Gasteiger partial charge in [0, 0.05) is 6.54 Å². The Morgan fingerprint density at radius 3 is 2.28 bits per heavy atom. The van der Waals surface area contributed by atoms with Crippen molar-refractivity contribution >= 4 is 0 Å². The van der Waals surface area contributed by atoms with Crippen LogP contribution in [0.3, 0.4) is 0 Å². The van der Waals surface area contributed by atoms with Gasteiger partial charge in [-0.1, -0.05) is 26.2 Å². The van der Waals surface area contributed by atoms with E-state index in [9.17, 15) is 13.2 Å². The molecule has 1 aliphatic carbocycles. The van der Waals surface area contributed by atoms with Gasteiger partial charge in [-0.3, -0.25) is 0 Å². The largest absolute Gasteiger partial charge is 0.411 e. The highest BCUT2D eigenvalue weighted by atomic mass is 19.4. The Labute approximate surface area is 107 Å². The van der Waals surface area contributed by atoms with Crippen molar-refractivity contribution in [2.45, 2.75) is 45.2 Å². The highest BCUT2D eigenvalue weighted by Crippen LogP contribution is 2.29. The molecule has 0 unspecified atom stereocenters. The average molecular weight is 267 g/mol. The molecule has 0 aromatic carbocycles. The SMILES string of the molecule is CCC1CCC(CNCCOCC(F)(F)F)CC1. The van der Waals surface area contributed by atoms with Crippen molar-refractivity contribution in [2.24, 2.45) is 11.8 Å². The van der Waals surface area contributed by atoms with Gasteiger partial charge in [-0.2, -0.15) is 13.2 Å². The molecule has 0 bridgehead atoms. The number of hydrogen-bond donors (Lipinski definition) is 1. The van der Waals surface area contributed by atoms with Gasteiger partial charge in [0.25, 0.3) is 0 Å². The van der Waals surface area contributed by atoms with Crippen molar-refractivity contribution in [3.8, 4) is 0 Å². The minimum absolute atomic E-state index is 0.129. The highest BCUT2D eigenvalue weighted by Gasteiger charge is 2.27. The van der Waals surface area contributed by atoms with E-state index in [-0.39, 0.29) is 6.61 Å². The fourth-order valence-corrected chi connectivity index (χ4v) is 2.48. The van der Waals surface area contributed by atoms with E-state index >= 15 is 0 Å². The van der Waals surface area contributed by atoms with E-state index in [1.165, 1.54) is 32.1 Å². The summed E-state index contributed by atoms with van der Waals surface area (Å²) in [5, 5.41) is 3.18. The molecule has 0 heterocycles. The molecule has 5 heteroatoms. The first-order valence-corrected chi connectivity index (χ1v) is 6.86. The Hall–Kier alpha value is -0.290. The first-order chi connectivity index (χ1) is 8.51. The summed E-state index contributed by atoms with van der Waals surface area (Å²) in [5.41, 5.74) is 0. The molecule has 0 spiro atoms. The van der Waals surface area contributed by atoms with E-state index < -0.39 is 12.8 Å². The van der Waals surface area contributed by atoms with Crippen LogP contribution in [0.2, 0.25) is 0 Å². The lowest BCUT2D eigenvalue weighted by Crippen LogP contribution is -2.29. The van der Waals surface area contributed by atoms with Crippen LogP contribution in [0.4, 0.5) is 13.2 Å². The van der Waals surface area contributed by atoms with Crippen molar-refractivity contribution in [2.75, 3.05) is 26.3 Å². The summed E-state index contributed by atoms with van der Waals surface area (Å²) >= 11 is 0. The maximum atomic E-state index is 11.8. The Balaban J connectivity index is 1.93. The lowest BCUT2D eigenvalue weighted by Gasteiger charge is -2.27. The van der Waals surface area contributed by atoms with Crippen LogP contribution < -0.4 is 5.32 Å². The maximum absolute atomic E-state index is 11.8. The topological polar surface area (TPSA) is 21.3 Å². The van der Waals surface area contributed by atoms with Gasteiger partial charge in [0.15, 0.2) is 0 Å². The Bertz CT molecular complexity index is 213. The smallest absolute Gasteiger partial charge is 0.371 e. The van der Waals surface area contributed by atoms with Crippen LogP contribution in [0.5, 0.6) is 0 Å². The van der Waals surface area contributed by atoms with Gasteiger partial charge in [0.1, 0.15) is 6.61 Å². The fourth-order valence-electron chi connectivity index (χ4n) is 2.48. The van der Waals surface area contributed by atoms with Crippen molar-refractivity contribution in [3.63, 3.8) is 0 Å². The third-order valence-electron chi connectivity index (χ3n) is 3.67. The van der Waals surface area contributed by atoms with Gasteiger partial charge < -0.3 is 10.1 Å². The predicted octanol–water partition coefficient (Wildman–Crippen LogP) is 3.37. The first kappa shape index (κ1) is 15.8. The lowest BCUT2D eigenvalue weighted by atomic mass is 9.81. The molecule has 0 atom stereocenters. The zero-order chi connectivity index (χ0) is 13.4. The molecule has 108 valence electrons. The van der Waals surface area contributed by atoms with Gasteiger partial charge in [0.2, 0.25) is 0 Å². The Morgan fingerprint density at radius 2 is 1.72 bits per heavy atom. The second-order valence-corrected chi connectivity index (χ2v) is 5.17. The number of halogens is 3. The molecule has 0 amide bonds. The lowest BCUT2D eigenvalue weighted by molar-refractivity contribution is -0.173. The Kier molecular flexibility index (Phi) is 7.00. The summed E-state index contributed by atoms with van der Waals surface area (Å²) in [6.45, 7) is 2.64. The van der Waals surface area contributed by atoms with Crippen LogP contribution in [-0.2, 0) is 4.74 Å². The summed E-state index contributed by atoms with van der Waals surface area (Å²) in [6, 6.07) is 0. The number of rotatable bonds is 7. The van der Waals surface area contributed by atoms with Crippen LogP contribution in [0.25, 0.3) is 0 Å². The molecule has 1 rings (SSSR count). The predicted molar refractivity (Wildman–Crippen MR) is 65.5 cm³/mol. The van der Waals surface area contributed by atoms with Crippen molar-refractivity contribution < 1.29 is 17.9 Å². The van der Waals surface area contributed by atoms with Gasteiger partial charge >= 0.3 is 6.18 Å². The zero-order valence-corrected chi connectivity index (χ0v) is 11.1. The standard InChI is InChI=1S/C13H24F3NO/c1-2-11-3-5-12(6-4-11)9-17-7-8-18-10-13(14,15)16/h11-12,17H,2-10H2,1H3. The molecule has 18 heavy (non-hydrogen) atoms. The molecule has 1 saturated carbocycles. The average Bonchev–Trinajstić information content (AvgIpc) is 2.33. The van der Waals surface area contributed by atoms with Gasteiger partial charge in [-0.05, 0) is 31.2 Å². The number of ether oxygens (including phenoxy) is 1. The molecule has 1 N–H and O–H groups in total. The summed E-state index contributed by atoms with van der Waals surface area (Å²) in [7, 11) is 0. The zero-order valence-electron chi connectivity index (χ0n) is 11.1. The van der Waals surface area contributed by atoms with Crippen LogP contribution in [0, 0.1) is 11.8 Å². The number of nitrogens with one attached hydrogen (secondary N) is 1. The molecule has 2 nitrogen and oxygen atoms in total. The second-order valence-electron chi connectivity index (χ2n) is 5.17. The third-order valence-corrected chi connectivity index (χ3v) is 3.67. The molecule has 1 fully saturated rings. The normalized spacial score (nSPS) is 25.3. The monoisotopic (exact) mass is 267 g/mol. The van der Waals surface area contributed by atoms with E-state index in [4.69, 9.17) is 0 Å². The van der Waals surface area contributed by atoms with E-state index in [1.54, 1.807) is 0 Å². The minimum Gasteiger partial charge on any atom is -0.371 e. The summed E-state index contributed by atoms with van der Waals surface area (Å²) in [4.78, 5) is 0. The minimum atomic E-state index is -4.21. The molecule has 0 saturated heterocycles. The summed E-state index contributed by atoms with van der Waals surface area (Å²) in [5.74, 6) is 1.58. The van der Waals surface area contributed by atoms with Crippen LogP contribution in [0.1, 0.15) is 39.0 Å². The molecule has 1 aliphatic rings. The summed E-state index contributed by atoms with van der Waals surface area (Å²) in [6.07, 6.45) is 2.15. The van der Waals surface area contributed by atoms with Gasteiger partial charge in [-0.25, -0.2) is 0 Å². The number of hydrogen-bond acceptors (Lipinski definition) is 2. The molecule has 0 aromatic rings. The van der Waals surface area contributed by atoms with E-state index in [1.807, 2.05) is 0 Å². The first-order valence-electron chi connectivity index (χ1n) is 6.86. The fraction of sp³-hybridized carbons (Fsp3) is 1.00. The van der Waals surface area contributed by atoms with E-state index in [0.29, 0.717) is 12.5 Å².